The van der Waals surface area contributed by atoms with Gasteiger partial charge in [-0.15, -0.1) is 0 Å². The number of carbonyl (C=O) groups excluding carboxylic acids is 1. The van der Waals surface area contributed by atoms with Crippen molar-refractivity contribution in [1.82, 2.24) is 19.6 Å². The first-order valence-corrected chi connectivity index (χ1v) is 10.9. The van der Waals surface area contributed by atoms with E-state index < -0.39 is 0 Å². The molecule has 2 aromatic rings. The lowest BCUT2D eigenvalue weighted by molar-refractivity contribution is 0.0689. The highest BCUT2D eigenvalue weighted by Gasteiger charge is 2.33. The Hall–Kier alpha value is -2.34. The lowest BCUT2D eigenvalue weighted by Crippen LogP contribution is -2.43. The molecule has 2 unspecified atom stereocenters. The van der Waals surface area contributed by atoms with Crippen LogP contribution in [0.2, 0.25) is 0 Å². The third-order valence-electron chi connectivity index (χ3n) is 6.54. The van der Waals surface area contributed by atoms with Crippen LogP contribution in [0, 0.1) is 6.92 Å². The van der Waals surface area contributed by atoms with Crippen LogP contribution >= 0.6 is 0 Å². The lowest BCUT2D eigenvalue weighted by atomic mass is 10.0. The van der Waals surface area contributed by atoms with Crippen molar-refractivity contribution in [2.24, 2.45) is 0 Å². The fourth-order valence-corrected chi connectivity index (χ4v) is 4.82. The second kappa shape index (κ2) is 8.57. The van der Waals surface area contributed by atoms with Gasteiger partial charge < -0.3 is 10.2 Å². The highest BCUT2D eigenvalue weighted by atomic mass is 16.2. The molecule has 2 aliphatic rings. The Morgan fingerprint density at radius 3 is 2.90 bits per heavy atom. The molecule has 1 amide bonds. The van der Waals surface area contributed by atoms with Crippen LogP contribution in [0.4, 0.5) is 5.69 Å². The van der Waals surface area contributed by atoms with Crippen LogP contribution in [0.1, 0.15) is 54.1 Å². The maximum Gasteiger partial charge on any atom is 0.257 e. The normalized spacial score (nSPS) is 22.7. The molecule has 2 aliphatic heterocycles. The lowest BCUT2D eigenvalue weighted by Gasteiger charge is -2.31. The van der Waals surface area contributed by atoms with Crippen LogP contribution in [0.3, 0.4) is 0 Å². The van der Waals surface area contributed by atoms with E-state index in [0.29, 0.717) is 24.2 Å². The molecule has 0 saturated carbocycles. The topological polar surface area (TPSA) is 53.4 Å². The number of carbonyl (C=O) groups is 1. The molecule has 0 radical (unpaired) electrons. The fourth-order valence-electron chi connectivity index (χ4n) is 4.82. The van der Waals surface area contributed by atoms with Gasteiger partial charge in [0, 0.05) is 50.1 Å². The first-order chi connectivity index (χ1) is 14.1. The third kappa shape index (κ3) is 4.17. The maximum atomic E-state index is 13.5. The van der Waals surface area contributed by atoms with Crippen LogP contribution < -0.4 is 5.32 Å². The molecule has 1 aromatic carbocycles. The van der Waals surface area contributed by atoms with Gasteiger partial charge in [0.05, 0.1) is 11.8 Å². The summed E-state index contributed by atoms with van der Waals surface area (Å²) in [5, 5.41) is 8.05. The molecule has 3 heterocycles. The van der Waals surface area contributed by atoms with Gasteiger partial charge in [0.2, 0.25) is 0 Å². The monoisotopic (exact) mass is 395 g/mol. The molecule has 1 fully saturated rings. The predicted octanol–water partition coefficient (Wildman–Crippen LogP) is 3.52. The largest absolute Gasteiger partial charge is 0.384 e. The van der Waals surface area contributed by atoms with Crippen LogP contribution in [-0.4, -0.2) is 57.7 Å². The molecule has 4 rings (SSSR count). The van der Waals surface area contributed by atoms with Crippen LogP contribution in [0.15, 0.2) is 30.6 Å². The molecule has 1 saturated heterocycles. The van der Waals surface area contributed by atoms with Gasteiger partial charge in [-0.1, -0.05) is 25.1 Å². The van der Waals surface area contributed by atoms with Crippen molar-refractivity contribution in [1.29, 1.82) is 0 Å². The van der Waals surface area contributed by atoms with Crippen molar-refractivity contribution in [3.8, 4) is 0 Å². The minimum Gasteiger partial charge on any atom is -0.384 e. The number of nitrogens with one attached hydrogen (secondary N) is 1. The summed E-state index contributed by atoms with van der Waals surface area (Å²) in [5.41, 5.74) is 4.31. The number of para-hydroxylation sites is 1. The van der Waals surface area contributed by atoms with Gasteiger partial charge in [-0.05, 0) is 50.8 Å². The first-order valence-electron chi connectivity index (χ1n) is 10.9. The van der Waals surface area contributed by atoms with Gasteiger partial charge in [0.1, 0.15) is 0 Å². The summed E-state index contributed by atoms with van der Waals surface area (Å²) in [5.74, 6) is 0.0795. The smallest absolute Gasteiger partial charge is 0.257 e. The first kappa shape index (κ1) is 20.0. The summed E-state index contributed by atoms with van der Waals surface area (Å²) in [6.45, 7) is 7.46. The summed E-state index contributed by atoms with van der Waals surface area (Å²) in [6, 6.07) is 7.39. The number of aryl methyl sites for hydroxylation is 2. The number of rotatable bonds is 3. The molecule has 0 spiro atoms. The standard InChI is InChI=1S/C23H33N5O/c1-4-12-28-15-19(13-25-28)23(29)27-14-18-7-5-6-17(2)22(18)24-11-10-20-8-9-21(16-27)26(20)3/h5-7,13,15,20-21,24H,4,8-12,14,16H2,1-3H3. The van der Waals surface area contributed by atoms with E-state index in [-0.39, 0.29) is 5.91 Å². The number of fused-ring (bicyclic) bond motifs is 3. The Balaban J connectivity index is 1.66. The number of likely N-dealkylation sites (N-methyl/N-ethyl adjacent to an activating group) is 1. The van der Waals surface area contributed by atoms with Crippen molar-refractivity contribution in [3.63, 3.8) is 0 Å². The van der Waals surface area contributed by atoms with Crippen molar-refractivity contribution >= 4 is 11.6 Å². The van der Waals surface area contributed by atoms with Crippen molar-refractivity contribution in [2.45, 2.75) is 64.7 Å². The minimum absolute atomic E-state index is 0.0795. The fraction of sp³-hybridized carbons (Fsp3) is 0.565. The Bertz CT molecular complexity index is 861. The zero-order chi connectivity index (χ0) is 20.4. The number of anilines is 1. The van der Waals surface area contributed by atoms with E-state index >= 15 is 0 Å². The Kier molecular flexibility index (Phi) is 5.90. The predicted molar refractivity (Wildman–Crippen MR) is 116 cm³/mol. The molecule has 1 N–H and O–H groups in total. The number of amides is 1. The number of benzene rings is 1. The van der Waals surface area contributed by atoms with E-state index in [1.165, 1.54) is 23.2 Å². The summed E-state index contributed by atoms with van der Waals surface area (Å²) in [4.78, 5) is 18.0. The van der Waals surface area contributed by atoms with Gasteiger partial charge in [-0.25, -0.2) is 0 Å². The molecule has 29 heavy (non-hydrogen) atoms. The second-order valence-electron chi connectivity index (χ2n) is 8.55. The SMILES string of the molecule is CCCn1cc(C(=O)N2Cc3cccc(C)c3NCCC3CCC(C2)N3C)cn1. The van der Waals surface area contributed by atoms with Crippen LogP contribution in [0.25, 0.3) is 0 Å². The van der Waals surface area contributed by atoms with Gasteiger partial charge in [-0.2, -0.15) is 5.10 Å². The molecular weight excluding hydrogens is 362 g/mol. The van der Waals surface area contributed by atoms with Crippen molar-refractivity contribution < 1.29 is 4.79 Å². The molecule has 6 heteroatoms. The minimum atomic E-state index is 0.0795. The van der Waals surface area contributed by atoms with Crippen molar-refractivity contribution in [2.75, 3.05) is 25.5 Å². The van der Waals surface area contributed by atoms with Gasteiger partial charge >= 0.3 is 0 Å². The molecule has 2 bridgehead atoms. The van der Waals surface area contributed by atoms with E-state index in [9.17, 15) is 4.79 Å². The maximum absolute atomic E-state index is 13.5. The van der Waals surface area contributed by atoms with Gasteiger partial charge in [0.25, 0.3) is 5.91 Å². The van der Waals surface area contributed by atoms with Crippen LogP contribution in [-0.2, 0) is 13.1 Å². The highest BCUT2D eigenvalue weighted by molar-refractivity contribution is 5.93. The van der Waals surface area contributed by atoms with Gasteiger partial charge in [0.15, 0.2) is 0 Å². The van der Waals surface area contributed by atoms with E-state index in [4.69, 9.17) is 0 Å². The quantitative estimate of drug-likeness (QED) is 0.864. The number of aromatic nitrogens is 2. The molecule has 6 nitrogen and oxygen atoms in total. The summed E-state index contributed by atoms with van der Waals surface area (Å²) in [6.07, 6.45) is 8.12. The van der Waals surface area contributed by atoms with E-state index in [0.717, 1.165) is 38.9 Å². The highest BCUT2D eigenvalue weighted by Crippen LogP contribution is 2.29. The van der Waals surface area contributed by atoms with Crippen LogP contribution in [0.5, 0.6) is 0 Å². The number of hydrogen-bond acceptors (Lipinski definition) is 4. The molecule has 0 aliphatic carbocycles. The van der Waals surface area contributed by atoms with E-state index in [1.54, 1.807) is 6.20 Å². The summed E-state index contributed by atoms with van der Waals surface area (Å²) in [7, 11) is 2.22. The average Bonchev–Trinajstić information content (AvgIpc) is 3.29. The molecule has 1 aromatic heterocycles. The van der Waals surface area contributed by atoms with Crippen molar-refractivity contribution in [3.05, 3.63) is 47.3 Å². The second-order valence-corrected chi connectivity index (χ2v) is 8.55. The Labute approximate surface area is 173 Å². The molecule has 2 atom stereocenters. The zero-order valence-electron chi connectivity index (χ0n) is 17.9. The average molecular weight is 396 g/mol. The third-order valence-corrected chi connectivity index (χ3v) is 6.54. The van der Waals surface area contributed by atoms with E-state index in [2.05, 4.69) is 54.4 Å². The molecule has 156 valence electrons. The Morgan fingerprint density at radius 1 is 1.24 bits per heavy atom. The summed E-state index contributed by atoms with van der Waals surface area (Å²) >= 11 is 0. The summed E-state index contributed by atoms with van der Waals surface area (Å²) < 4.78 is 1.87. The van der Waals surface area contributed by atoms with E-state index in [1.807, 2.05) is 15.8 Å². The zero-order valence-corrected chi connectivity index (χ0v) is 17.9. The Morgan fingerprint density at radius 2 is 2.07 bits per heavy atom. The number of nitrogens with zero attached hydrogens (tertiary/aromatic N) is 4. The van der Waals surface area contributed by atoms with Gasteiger partial charge in [-0.3, -0.25) is 14.4 Å². The number of hydrogen-bond donors (Lipinski definition) is 1. The molecular formula is C23H33N5O.